The van der Waals surface area contributed by atoms with Crippen LogP contribution in [0, 0.1) is 0 Å². The average molecular weight is 510 g/mol. The van der Waals surface area contributed by atoms with E-state index in [1.807, 2.05) is 12.1 Å². The number of aliphatic hydroxyl groups is 1. The molecular formula is C22H16Cl4N4O2. The summed E-state index contributed by atoms with van der Waals surface area (Å²) >= 11 is 24.9. The number of hydrogen-bond acceptors (Lipinski definition) is 4. The zero-order valence-electron chi connectivity index (χ0n) is 16.4. The van der Waals surface area contributed by atoms with Gasteiger partial charge in [0.05, 0.1) is 12.2 Å². The first-order valence-corrected chi connectivity index (χ1v) is 11.0. The van der Waals surface area contributed by atoms with E-state index in [4.69, 9.17) is 46.4 Å². The van der Waals surface area contributed by atoms with Gasteiger partial charge in [-0.2, -0.15) is 10.1 Å². The van der Waals surface area contributed by atoms with Gasteiger partial charge in [0.25, 0.3) is 0 Å². The Balaban J connectivity index is 1.54. The maximum atomic E-state index is 12.0. The lowest BCUT2D eigenvalue weighted by Crippen LogP contribution is -2.41. The first-order chi connectivity index (χ1) is 15.3. The van der Waals surface area contributed by atoms with Crippen molar-refractivity contribution < 1.29 is 9.90 Å². The summed E-state index contributed by atoms with van der Waals surface area (Å²) in [6.45, 7) is 0.375. The molecule has 0 spiro atoms. The van der Waals surface area contributed by atoms with Crippen molar-refractivity contribution in [1.29, 1.82) is 0 Å². The molecule has 0 aliphatic carbocycles. The zero-order chi connectivity index (χ0) is 22.8. The van der Waals surface area contributed by atoms with E-state index in [-0.39, 0.29) is 16.3 Å². The Hall–Kier alpha value is -2.35. The van der Waals surface area contributed by atoms with Crippen molar-refractivity contribution in [3.63, 3.8) is 0 Å². The van der Waals surface area contributed by atoms with E-state index in [0.29, 0.717) is 39.8 Å². The average Bonchev–Trinajstić information content (AvgIpc) is 2.76. The summed E-state index contributed by atoms with van der Waals surface area (Å²) < 4.78 is 0. The molecule has 1 aliphatic heterocycles. The Morgan fingerprint density at radius 3 is 2.34 bits per heavy atom. The molecular weight excluding hydrogens is 494 g/mol. The van der Waals surface area contributed by atoms with Crippen molar-refractivity contribution in [3.05, 3.63) is 91.1 Å². The molecule has 1 unspecified atom stereocenters. The predicted octanol–water partition coefficient (Wildman–Crippen LogP) is 5.88. The van der Waals surface area contributed by atoms with Crippen molar-refractivity contribution in [1.82, 2.24) is 10.3 Å². The second kappa shape index (κ2) is 9.65. The standard InChI is InChI=1S/C22H16Cl4N4O2/c23-17-10-14(30-22(32)27-7-8-28-30)11-18(24)16(17)9-12-1-3-13(4-2-12)20(31)15-5-6-19(25)29-21(15)26/h1-6,8,10-11,20,31H,7,9H2,(H,27,32). The molecule has 2 heterocycles. The molecule has 0 bridgehead atoms. The van der Waals surface area contributed by atoms with E-state index in [0.717, 1.165) is 11.1 Å². The van der Waals surface area contributed by atoms with Crippen molar-refractivity contribution in [3.8, 4) is 0 Å². The number of hydrogen-bond donors (Lipinski definition) is 2. The van der Waals surface area contributed by atoms with Crippen molar-refractivity contribution in [2.45, 2.75) is 12.5 Å². The molecule has 3 aromatic rings. The fourth-order valence-electron chi connectivity index (χ4n) is 3.28. The van der Waals surface area contributed by atoms with Crippen LogP contribution in [0.3, 0.4) is 0 Å². The molecule has 6 nitrogen and oxygen atoms in total. The van der Waals surface area contributed by atoms with Crippen LogP contribution < -0.4 is 10.3 Å². The molecule has 4 rings (SSSR count). The van der Waals surface area contributed by atoms with Gasteiger partial charge < -0.3 is 10.4 Å². The minimum absolute atomic E-state index is 0.152. The van der Waals surface area contributed by atoms with Crippen LogP contribution in [-0.4, -0.2) is 28.9 Å². The summed E-state index contributed by atoms with van der Waals surface area (Å²) in [4.78, 5) is 16.0. The van der Waals surface area contributed by atoms with Gasteiger partial charge in [-0.25, -0.2) is 9.78 Å². The summed E-state index contributed by atoms with van der Waals surface area (Å²) in [5.74, 6) is 0. The van der Waals surface area contributed by atoms with Gasteiger partial charge in [0.15, 0.2) is 0 Å². The number of nitrogens with one attached hydrogen (secondary N) is 1. The molecule has 1 aromatic heterocycles. The van der Waals surface area contributed by atoms with Gasteiger partial charge in [0.2, 0.25) is 0 Å². The largest absolute Gasteiger partial charge is 0.384 e. The van der Waals surface area contributed by atoms with Crippen molar-refractivity contribution in [2.24, 2.45) is 5.10 Å². The third kappa shape index (κ3) is 4.85. The lowest BCUT2D eigenvalue weighted by atomic mass is 9.99. The number of carbonyl (C=O) groups is 1. The van der Waals surface area contributed by atoms with E-state index in [2.05, 4.69) is 15.4 Å². The number of aliphatic hydroxyl groups excluding tert-OH is 1. The number of nitrogens with zero attached hydrogens (tertiary/aromatic N) is 3. The zero-order valence-corrected chi connectivity index (χ0v) is 19.4. The Morgan fingerprint density at radius 2 is 1.72 bits per heavy atom. The lowest BCUT2D eigenvalue weighted by molar-refractivity contribution is 0.220. The van der Waals surface area contributed by atoms with Crippen LogP contribution in [0.1, 0.15) is 28.4 Å². The molecule has 2 aromatic carbocycles. The maximum Gasteiger partial charge on any atom is 0.342 e. The topological polar surface area (TPSA) is 77.8 Å². The summed E-state index contributed by atoms with van der Waals surface area (Å²) in [5, 5.41) is 19.8. The van der Waals surface area contributed by atoms with E-state index in [1.54, 1.807) is 42.6 Å². The number of benzene rings is 2. The number of pyridine rings is 1. The Morgan fingerprint density at radius 1 is 1.03 bits per heavy atom. The highest BCUT2D eigenvalue weighted by Crippen LogP contribution is 2.34. The normalized spacial score (nSPS) is 14.4. The van der Waals surface area contributed by atoms with Gasteiger partial charge in [-0.3, -0.25) is 0 Å². The highest BCUT2D eigenvalue weighted by atomic mass is 35.5. The Labute approximate surface area is 204 Å². The van der Waals surface area contributed by atoms with E-state index >= 15 is 0 Å². The number of anilines is 1. The van der Waals surface area contributed by atoms with Gasteiger partial charge >= 0.3 is 6.03 Å². The van der Waals surface area contributed by atoms with Crippen LogP contribution in [0.4, 0.5) is 10.5 Å². The van der Waals surface area contributed by atoms with Gasteiger partial charge in [0, 0.05) is 28.2 Å². The molecule has 0 saturated heterocycles. The second-order valence-electron chi connectivity index (χ2n) is 7.02. The number of urea groups is 1. The molecule has 2 N–H and O–H groups in total. The number of carbonyl (C=O) groups excluding carboxylic acids is 1. The maximum absolute atomic E-state index is 12.0. The van der Waals surface area contributed by atoms with E-state index in [1.165, 1.54) is 5.01 Å². The van der Waals surface area contributed by atoms with Crippen LogP contribution in [0.25, 0.3) is 0 Å². The fourth-order valence-corrected chi connectivity index (χ4v) is 4.33. The third-order valence-electron chi connectivity index (χ3n) is 4.92. The van der Waals surface area contributed by atoms with Crippen LogP contribution in [0.5, 0.6) is 0 Å². The SMILES string of the molecule is O=C1NCC=NN1c1cc(Cl)c(Cc2ccc(C(O)c3ccc(Cl)nc3Cl)cc2)c(Cl)c1. The molecule has 0 saturated carbocycles. The molecule has 164 valence electrons. The van der Waals surface area contributed by atoms with Crippen molar-refractivity contribution >= 4 is 64.3 Å². The van der Waals surface area contributed by atoms with Gasteiger partial charge in [-0.1, -0.05) is 70.7 Å². The van der Waals surface area contributed by atoms with Gasteiger partial charge in [-0.05, 0) is 41.0 Å². The molecule has 2 amide bonds. The predicted molar refractivity (Wildman–Crippen MR) is 128 cm³/mol. The molecule has 1 atom stereocenters. The summed E-state index contributed by atoms with van der Waals surface area (Å²) in [6.07, 6.45) is 1.11. The molecule has 32 heavy (non-hydrogen) atoms. The minimum atomic E-state index is -0.941. The van der Waals surface area contributed by atoms with Gasteiger partial charge in [-0.15, -0.1) is 0 Å². The smallest absolute Gasteiger partial charge is 0.342 e. The molecule has 1 aliphatic rings. The van der Waals surface area contributed by atoms with E-state index in [9.17, 15) is 9.90 Å². The quantitative estimate of drug-likeness (QED) is 0.421. The second-order valence-corrected chi connectivity index (χ2v) is 8.58. The first-order valence-electron chi connectivity index (χ1n) is 9.50. The Bertz CT molecular complexity index is 1180. The molecule has 10 heteroatoms. The van der Waals surface area contributed by atoms with Crippen LogP contribution in [0.15, 0.2) is 53.6 Å². The first kappa shape index (κ1) is 22.8. The minimum Gasteiger partial charge on any atom is -0.384 e. The molecule has 0 radical (unpaired) electrons. The highest BCUT2D eigenvalue weighted by molar-refractivity contribution is 6.36. The van der Waals surface area contributed by atoms with Crippen LogP contribution in [-0.2, 0) is 6.42 Å². The van der Waals surface area contributed by atoms with Crippen molar-refractivity contribution in [2.75, 3.05) is 11.6 Å². The number of amides is 2. The highest BCUT2D eigenvalue weighted by Gasteiger charge is 2.20. The summed E-state index contributed by atoms with van der Waals surface area (Å²) in [6, 6.07) is 13.5. The van der Waals surface area contributed by atoms with E-state index < -0.39 is 6.10 Å². The Kier molecular flexibility index (Phi) is 6.88. The lowest BCUT2D eigenvalue weighted by Gasteiger charge is -2.22. The summed E-state index contributed by atoms with van der Waals surface area (Å²) in [7, 11) is 0. The fraction of sp³-hybridized carbons (Fsp3) is 0.136. The monoisotopic (exact) mass is 508 g/mol. The van der Waals surface area contributed by atoms with Crippen LogP contribution in [0.2, 0.25) is 20.4 Å². The number of rotatable bonds is 5. The number of halogens is 4. The number of aromatic nitrogens is 1. The van der Waals surface area contributed by atoms with Gasteiger partial charge in [0.1, 0.15) is 16.4 Å². The summed E-state index contributed by atoms with van der Waals surface area (Å²) in [5.41, 5.74) is 3.25. The number of hydrazone groups is 1. The third-order valence-corrected chi connectivity index (χ3v) is 6.11. The van der Waals surface area contributed by atoms with Crippen LogP contribution >= 0.6 is 46.4 Å². The molecule has 0 fully saturated rings.